The number of pyridine rings is 1. The fraction of sp³-hybridized carbons (Fsp3) is 0.545. The summed E-state index contributed by atoms with van der Waals surface area (Å²) < 4.78 is 27.5. The van der Waals surface area contributed by atoms with Crippen molar-refractivity contribution in [2.24, 2.45) is 5.73 Å². The minimum Gasteiger partial charge on any atom is -0.384 e. The van der Waals surface area contributed by atoms with Crippen LogP contribution >= 0.6 is 12.4 Å². The van der Waals surface area contributed by atoms with E-state index in [9.17, 15) is 13.9 Å². The number of hydrogen-bond acceptors (Lipinski definition) is 3. The molecule has 3 N–H and O–H groups in total. The van der Waals surface area contributed by atoms with E-state index >= 15 is 0 Å². The fourth-order valence-electron chi connectivity index (χ4n) is 1.22. The Kier molecular flexibility index (Phi) is 5.01. The molecule has 1 aromatic rings. The normalized spacial score (nSPS) is 14.1. The molecular weight excluding hydrogens is 250 g/mol. The first-order valence-corrected chi connectivity index (χ1v) is 4.98. The molecule has 0 unspecified atom stereocenters. The van der Waals surface area contributed by atoms with E-state index in [4.69, 9.17) is 5.73 Å². The van der Waals surface area contributed by atoms with Gasteiger partial charge in [-0.2, -0.15) is 8.78 Å². The topological polar surface area (TPSA) is 59.1 Å². The maximum atomic E-state index is 13.8. The SMILES string of the molecule is C[C@@H](N)c1ccnc(C(F)(F)C(C)(C)O)c1.Cl. The summed E-state index contributed by atoms with van der Waals surface area (Å²) in [6.45, 7) is 3.79. The first kappa shape index (κ1) is 16.2. The zero-order valence-corrected chi connectivity index (χ0v) is 10.8. The van der Waals surface area contributed by atoms with Crippen LogP contribution in [-0.4, -0.2) is 15.7 Å². The van der Waals surface area contributed by atoms with Crippen LogP contribution < -0.4 is 5.73 Å². The van der Waals surface area contributed by atoms with Crippen molar-refractivity contribution in [2.45, 2.75) is 38.3 Å². The van der Waals surface area contributed by atoms with Crippen molar-refractivity contribution < 1.29 is 13.9 Å². The van der Waals surface area contributed by atoms with Crippen molar-refractivity contribution in [3.63, 3.8) is 0 Å². The lowest BCUT2D eigenvalue weighted by molar-refractivity contribution is -0.171. The monoisotopic (exact) mass is 266 g/mol. The zero-order chi connectivity index (χ0) is 12.6. The zero-order valence-electron chi connectivity index (χ0n) is 9.95. The summed E-state index contributed by atoms with van der Waals surface area (Å²) in [6, 6.07) is 2.46. The molecule has 0 saturated heterocycles. The van der Waals surface area contributed by atoms with Crippen molar-refractivity contribution >= 4 is 12.4 Å². The van der Waals surface area contributed by atoms with Gasteiger partial charge < -0.3 is 10.8 Å². The van der Waals surface area contributed by atoms with Crippen LogP contribution in [0, 0.1) is 0 Å². The van der Waals surface area contributed by atoms with E-state index in [0.29, 0.717) is 5.56 Å². The summed E-state index contributed by atoms with van der Waals surface area (Å²) in [7, 11) is 0. The summed E-state index contributed by atoms with van der Waals surface area (Å²) in [5.74, 6) is -3.40. The van der Waals surface area contributed by atoms with Gasteiger partial charge in [0.05, 0.1) is 0 Å². The standard InChI is InChI=1S/C11H16F2N2O.ClH/c1-7(14)8-4-5-15-9(6-8)11(12,13)10(2,3)16;/h4-7,16H,14H2,1-3H3;1H/t7-;/m1./s1. The van der Waals surface area contributed by atoms with Gasteiger partial charge in [0.25, 0.3) is 0 Å². The summed E-state index contributed by atoms with van der Waals surface area (Å²) in [6.07, 6.45) is 1.27. The first-order chi connectivity index (χ1) is 7.16. The molecule has 0 aliphatic heterocycles. The minimum absolute atomic E-state index is 0. The highest BCUT2D eigenvalue weighted by atomic mass is 35.5. The molecule has 1 rings (SSSR count). The Balaban J connectivity index is 0.00000256. The Morgan fingerprint density at radius 2 is 1.94 bits per heavy atom. The smallest absolute Gasteiger partial charge is 0.317 e. The van der Waals surface area contributed by atoms with Gasteiger partial charge in [0, 0.05) is 12.2 Å². The molecule has 0 aliphatic carbocycles. The Labute approximate surface area is 105 Å². The molecule has 0 aliphatic rings. The minimum atomic E-state index is -3.40. The summed E-state index contributed by atoms with van der Waals surface area (Å²) in [5, 5.41) is 9.41. The number of nitrogens with two attached hydrogens (primary N) is 1. The van der Waals surface area contributed by atoms with Gasteiger partial charge in [-0.05, 0) is 38.5 Å². The van der Waals surface area contributed by atoms with Gasteiger partial charge in [0.1, 0.15) is 11.3 Å². The number of halogens is 3. The Bertz CT molecular complexity index is 378. The van der Waals surface area contributed by atoms with E-state index in [1.54, 1.807) is 13.0 Å². The molecule has 1 aromatic heterocycles. The van der Waals surface area contributed by atoms with E-state index in [0.717, 1.165) is 13.8 Å². The predicted molar refractivity (Wildman–Crippen MR) is 64.3 cm³/mol. The number of alkyl halides is 2. The summed E-state index contributed by atoms with van der Waals surface area (Å²) >= 11 is 0. The molecule has 1 heterocycles. The van der Waals surface area contributed by atoms with E-state index in [2.05, 4.69) is 4.98 Å². The third-order valence-corrected chi connectivity index (χ3v) is 2.40. The van der Waals surface area contributed by atoms with Crippen LogP contribution in [-0.2, 0) is 5.92 Å². The van der Waals surface area contributed by atoms with Gasteiger partial charge in [-0.3, -0.25) is 4.98 Å². The molecule has 3 nitrogen and oxygen atoms in total. The van der Waals surface area contributed by atoms with Gasteiger partial charge in [-0.25, -0.2) is 0 Å². The van der Waals surface area contributed by atoms with Gasteiger partial charge in [0.15, 0.2) is 0 Å². The molecule has 0 amide bonds. The average molecular weight is 267 g/mol. The van der Waals surface area contributed by atoms with E-state index in [-0.39, 0.29) is 18.4 Å². The van der Waals surface area contributed by atoms with Crippen LogP contribution in [0.15, 0.2) is 18.3 Å². The highest BCUT2D eigenvalue weighted by Gasteiger charge is 2.48. The quantitative estimate of drug-likeness (QED) is 0.883. The molecule has 6 heteroatoms. The van der Waals surface area contributed by atoms with Gasteiger partial charge in [-0.1, -0.05) is 0 Å². The van der Waals surface area contributed by atoms with Gasteiger partial charge >= 0.3 is 5.92 Å². The third kappa shape index (κ3) is 3.34. The number of nitrogens with zero attached hydrogens (tertiary/aromatic N) is 1. The lowest BCUT2D eigenvalue weighted by Crippen LogP contribution is -2.40. The van der Waals surface area contributed by atoms with Crippen LogP contribution in [0.2, 0.25) is 0 Å². The molecule has 0 radical (unpaired) electrons. The molecule has 98 valence electrons. The lowest BCUT2D eigenvalue weighted by Gasteiger charge is -2.28. The number of hydrogen-bond donors (Lipinski definition) is 2. The number of aromatic nitrogens is 1. The maximum Gasteiger partial charge on any atom is 0.317 e. The number of rotatable bonds is 3. The maximum absolute atomic E-state index is 13.8. The molecule has 0 spiro atoms. The Morgan fingerprint density at radius 3 is 2.35 bits per heavy atom. The molecule has 0 fully saturated rings. The van der Waals surface area contributed by atoms with Crippen molar-refractivity contribution in [3.05, 3.63) is 29.6 Å². The second-order valence-electron chi connectivity index (χ2n) is 4.40. The van der Waals surface area contributed by atoms with Crippen molar-refractivity contribution in [3.8, 4) is 0 Å². The first-order valence-electron chi connectivity index (χ1n) is 4.98. The van der Waals surface area contributed by atoms with Crippen molar-refractivity contribution in [1.82, 2.24) is 4.98 Å². The highest BCUT2D eigenvalue weighted by molar-refractivity contribution is 5.85. The lowest BCUT2D eigenvalue weighted by atomic mass is 9.95. The van der Waals surface area contributed by atoms with Gasteiger partial charge in [0.2, 0.25) is 0 Å². The summed E-state index contributed by atoms with van der Waals surface area (Å²) in [5.41, 5.74) is 3.54. The summed E-state index contributed by atoms with van der Waals surface area (Å²) in [4.78, 5) is 3.59. The van der Waals surface area contributed by atoms with Crippen LogP contribution in [0.5, 0.6) is 0 Å². The Morgan fingerprint density at radius 1 is 1.41 bits per heavy atom. The molecule has 0 aromatic carbocycles. The largest absolute Gasteiger partial charge is 0.384 e. The molecule has 1 atom stereocenters. The van der Waals surface area contributed by atoms with E-state index < -0.39 is 17.2 Å². The van der Waals surface area contributed by atoms with Crippen LogP contribution in [0.3, 0.4) is 0 Å². The van der Waals surface area contributed by atoms with Crippen LogP contribution in [0.25, 0.3) is 0 Å². The Hall–Kier alpha value is -0.780. The molecule has 17 heavy (non-hydrogen) atoms. The number of aliphatic hydroxyl groups is 1. The van der Waals surface area contributed by atoms with Crippen LogP contribution in [0.4, 0.5) is 8.78 Å². The highest BCUT2D eigenvalue weighted by Crippen LogP contribution is 2.37. The molecule has 0 saturated carbocycles. The van der Waals surface area contributed by atoms with Gasteiger partial charge in [-0.15, -0.1) is 12.4 Å². The average Bonchev–Trinajstić information content (AvgIpc) is 2.16. The van der Waals surface area contributed by atoms with E-state index in [1.807, 2.05) is 0 Å². The van der Waals surface area contributed by atoms with Crippen LogP contribution in [0.1, 0.15) is 38.1 Å². The predicted octanol–water partition coefficient (Wildman–Crippen LogP) is 2.39. The third-order valence-electron chi connectivity index (χ3n) is 2.40. The van der Waals surface area contributed by atoms with Crippen molar-refractivity contribution in [2.75, 3.05) is 0 Å². The van der Waals surface area contributed by atoms with E-state index in [1.165, 1.54) is 12.3 Å². The second-order valence-corrected chi connectivity index (χ2v) is 4.40. The fourth-order valence-corrected chi connectivity index (χ4v) is 1.22. The molecular formula is C11H17ClF2N2O. The van der Waals surface area contributed by atoms with Crippen molar-refractivity contribution in [1.29, 1.82) is 0 Å². The second kappa shape index (κ2) is 5.25. The molecule has 0 bridgehead atoms.